The van der Waals surface area contributed by atoms with Crippen LogP contribution in [0.3, 0.4) is 0 Å². The second-order valence-corrected chi connectivity index (χ2v) is 6.77. The Morgan fingerprint density at radius 1 is 1.24 bits per heavy atom. The molecule has 1 aliphatic heterocycles. The molecule has 3 aromatic rings. The summed E-state index contributed by atoms with van der Waals surface area (Å²) in [7, 11) is 1.41. The molecule has 1 amide bonds. The number of nitrogens with zero attached hydrogens (tertiary/aromatic N) is 3. The number of carbonyl (C=O) groups is 1. The van der Waals surface area contributed by atoms with Crippen LogP contribution < -0.4 is 14.8 Å². The van der Waals surface area contributed by atoms with Crippen LogP contribution >= 0.6 is 0 Å². The van der Waals surface area contributed by atoms with Crippen molar-refractivity contribution in [1.82, 2.24) is 14.9 Å². The summed E-state index contributed by atoms with van der Waals surface area (Å²) in [5.74, 6) is 1.03. The van der Waals surface area contributed by atoms with E-state index in [1.807, 2.05) is 30.3 Å². The molecule has 7 nitrogen and oxygen atoms in total. The van der Waals surface area contributed by atoms with Crippen LogP contribution in [0.15, 0.2) is 48.8 Å². The number of halogens is 1. The zero-order chi connectivity index (χ0) is 20.2. The summed E-state index contributed by atoms with van der Waals surface area (Å²) in [5.41, 5.74) is 0.471. The van der Waals surface area contributed by atoms with Gasteiger partial charge in [-0.3, -0.25) is 4.79 Å². The highest BCUT2D eigenvalue weighted by atomic mass is 19.1. The Balaban J connectivity index is 1.41. The van der Waals surface area contributed by atoms with E-state index in [4.69, 9.17) is 9.47 Å². The maximum Gasteiger partial charge on any atom is 0.224 e. The van der Waals surface area contributed by atoms with E-state index >= 15 is 0 Å². The van der Waals surface area contributed by atoms with Gasteiger partial charge in [0, 0.05) is 24.4 Å². The van der Waals surface area contributed by atoms with Crippen molar-refractivity contribution in [2.45, 2.75) is 12.5 Å². The van der Waals surface area contributed by atoms with Crippen LogP contribution in [0.1, 0.15) is 6.42 Å². The molecule has 1 N–H and O–H groups in total. The van der Waals surface area contributed by atoms with Gasteiger partial charge in [-0.2, -0.15) is 0 Å². The highest BCUT2D eigenvalue weighted by Gasteiger charge is 2.30. The summed E-state index contributed by atoms with van der Waals surface area (Å²) in [6.45, 7) is 1.48. The third-order valence-corrected chi connectivity index (χ3v) is 4.84. The third kappa shape index (κ3) is 4.21. The normalized spacial score (nSPS) is 16.3. The fraction of sp³-hybridized carbons (Fsp3) is 0.286. The quantitative estimate of drug-likeness (QED) is 0.662. The Kier molecular flexibility index (Phi) is 5.41. The minimum Gasteiger partial charge on any atom is -0.494 e. The lowest BCUT2D eigenvalue weighted by atomic mass is 10.2. The van der Waals surface area contributed by atoms with Crippen molar-refractivity contribution in [1.29, 1.82) is 0 Å². The standard InChI is InChI=1S/C21H21FN4O3/c1-28-19-10-16-18(11-17(19)22)23-13-24-21(16)25-14-9-20(27)26(12-14)7-8-29-15-5-3-2-4-6-15/h2-6,10-11,13-14H,7-9,12H2,1H3,(H,23,24,25). The lowest BCUT2D eigenvalue weighted by Gasteiger charge is -2.18. The summed E-state index contributed by atoms with van der Waals surface area (Å²) in [6.07, 6.45) is 1.73. The molecular weight excluding hydrogens is 375 g/mol. The molecule has 1 fully saturated rings. The molecule has 0 bridgehead atoms. The predicted octanol–water partition coefficient (Wildman–Crippen LogP) is 2.87. The first kappa shape index (κ1) is 18.9. The summed E-state index contributed by atoms with van der Waals surface area (Å²) in [4.78, 5) is 22.5. The summed E-state index contributed by atoms with van der Waals surface area (Å²) >= 11 is 0. The van der Waals surface area contributed by atoms with E-state index in [2.05, 4.69) is 15.3 Å². The van der Waals surface area contributed by atoms with E-state index in [0.717, 1.165) is 5.75 Å². The van der Waals surface area contributed by atoms with Crippen LogP contribution in [-0.4, -0.2) is 53.6 Å². The molecule has 29 heavy (non-hydrogen) atoms. The molecule has 1 aliphatic rings. The molecule has 2 aromatic carbocycles. The Labute approximate surface area is 167 Å². The maximum absolute atomic E-state index is 13.9. The fourth-order valence-electron chi connectivity index (χ4n) is 3.40. The van der Waals surface area contributed by atoms with Gasteiger partial charge in [0.15, 0.2) is 11.6 Å². The van der Waals surface area contributed by atoms with E-state index in [-0.39, 0.29) is 17.7 Å². The molecule has 8 heteroatoms. The van der Waals surface area contributed by atoms with Crippen molar-refractivity contribution in [3.05, 3.63) is 54.6 Å². The number of nitrogens with one attached hydrogen (secondary N) is 1. The Morgan fingerprint density at radius 2 is 2.07 bits per heavy atom. The van der Waals surface area contributed by atoms with Gasteiger partial charge < -0.3 is 19.7 Å². The molecule has 0 spiro atoms. The number of hydrogen-bond acceptors (Lipinski definition) is 6. The molecule has 2 heterocycles. The second kappa shape index (κ2) is 8.30. The van der Waals surface area contributed by atoms with Crippen LogP contribution in [0.5, 0.6) is 11.5 Å². The number of fused-ring (bicyclic) bond motifs is 1. The van der Waals surface area contributed by atoms with E-state index < -0.39 is 5.82 Å². The maximum atomic E-state index is 13.9. The Morgan fingerprint density at radius 3 is 2.86 bits per heavy atom. The molecule has 4 rings (SSSR count). The number of benzene rings is 2. The lowest BCUT2D eigenvalue weighted by Crippen LogP contribution is -2.31. The second-order valence-electron chi connectivity index (χ2n) is 6.77. The number of para-hydroxylation sites is 1. The van der Waals surface area contributed by atoms with Gasteiger partial charge >= 0.3 is 0 Å². The molecule has 1 unspecified atom stereocenters. The monoisotopic (exact) mass is 396 g/mol. The summed E-state index contributed by atoms with van der Waals surface area (Å²) < 4.78 is 24.7. The van der Waals surface area contributed by atoms with Crippen LogP contribution in [0, 0.1) is 5.82 Å². The van der Waals surface area contributed by atoms with Gasteiger partial charge in [0.05, 0.1) is 25.2 Å². The summed E-state index contributed by atoms with van der Waals surface area (Å²) in [5, 5.41) is 3.93. The minimum absolute atomic E-state index is 0.0566. The first-order valence-electron chi connectivity index (χ1n) is 9.34. The lowest BCUT2D eigenvalue weighted by molar-refractivity contribution is -0.128. The Bertz CT molecular complexity index is 1020. The van der Waals surface area contributed by atoms with Crippen LogP contribution in [0.25, 0.3) is 10.9 Å². The van der Waals surface area contributed by atoms with Gasteiger partial charge in [0.1, 0.15) is 24.5 Å². The molecule has 0 saturated carbocycles. The van der Waals surface area contributed by atoms with Gasteiger partial charge in [-0.15, -0.1) is 0 Å². The number of anilines is 1. The number of likely N-dealkylation sites (tertiary alicyclic amines) is 1. The number of amides is 1. The van der Waals surface area contributed by atoms with Crippen LogP contribution in [0.2, 0.25) is 0 Å². The number of hydrogen-bond donors (Lipinski definition) is 1. The SMILES string of the molecule is COc1cc2c(NC3CC(=O)N(CCOc4ccccc4)C3)ncnc2cc1F. The van der Waals surface area contributed by atoms with Gasteiger partial charge in [-0.25, -0.2) is 14.4 Å². The molecule has 1 saturated heterocycles. The average molecular weight is 396 g/mol. The zero-order valence-electron chi connectivity index (χ0n) is 16.0. The van der Waals surface area contributed by atoms with E-state index in [1.165, 1.54) is 19.5 Å². The predicted molar refractivity (Wildman–Crippen MR) is 107 cm³/mol. The minimum atomic E-state index is -0.481. The first-order valence-corrected chi connectivity index (χ1v) is 9.34. The Hall–Kier alpha value is -3.42. The number of carbonyl (C=O) groups excluding carboxylic acids is 1. The fourth-order valence-corrected chi connectivity index (χ4v) is 3.40. The van der Waals surface area contributed by atoms with Crippen molar-refractivity contribution in [2.75, 3.05) is 32.1 Å². The van der Waals surface area contributed by atoms with Crippen LogP contribution in [-0.2, 0) is 4.79 Å². The molecule has 150 valence electrons. The molecule has 1 aromatic heterocycles. The molecule has 0 radical (unpaired) electrons. The molecule has 1 atom stereocenters. The largest absolute Gasteiger partial charge is 0.494 e. The van der Waals surface area contributed by atoms with E-state index in [9.17, 15) is 9.18 Å². The zero-order valence-corrected chi connectivity index (χ0v) is 16.0. The van der Waals surface area contributed by atoms with Crippen molar-refractivity contribution < 1.29 is 18.7 Å². The van der Waals surface area contributed by atoms with Crippen molar-refractivity contribution in [3.8, 4) is 11.5 Å². The van der Waals surface area contributed by atoms with Gasteiger partial charge in [-0.05, 0) is 18.2 Å². The molecular formula is C21H21FN4O3. The number of methoxy groups -OCH3 is 1. The number of rotatable bonds is 7. The van der Waals surface area contributed by atoms with Gasteiger partial charge in [-0.1, -0.05) is 18.2 Å². The third-order valence-electron chi connectivity index (χ3n) is 4.84. The highest BCUT2D eigenvalue weighted by molar-refractivity contribution is 5.90. The average Bonchev–Trinajstić information content (AvgIpc) is 3.07. The van der Waals surface area contributed by atoms with Gasteiger partial charge in [0.25, 0.3) is 0 Å². The first-order chi connectivity index (χ1) is 14.1. The smallest absolute Gasteiger partial charge is 0.224 e. The number of aromatic nitrogens is 2. The highest BCUT2D eigenvalue weighted by Crippen LogP contribution is 2.28. The van der Waals surface area contributed by atoms with Crippen LogP contribution in [0.4, 0.5) is 10.2 Å². The topological polar surface area (TPSA) is 76.6 Å². The molecule has 0 aliphatic carbocycles. The van der Waals surface area contributed by atoms with Gasteiger partial charge in [0.2, 0.25) is 5.91 Å². The van der Waals surface area contributed by atoms with E-state index in [0.29, 0.717) is 42.8 Å². The summed E-state index contributed by atoms with van der Waals surface area (Å²) in [6, 6.07) is 12.3. The van der Waals surface area contributed by atoms with Crippen molar-refractivity contribution >= 4 is 22.6 Å². The van der Waals surface area contributed by atoms with Crippen molar-refractivity contribution in [2.24, 2.45) is 0 Å². The van der Waals surface area contributed by atoms with Crippen molar-refractivity contribution in [3.63, 3.8) is 0 Å². The van der Waals surface area contributed by atoms with E-state index in [1.54, 1.807) is 11.0 Å². The number of ether oxygens (including phenoxy) is 2.